The van der Waals surface area contributed by atoms with E-state index in [9.17, 15) is 9.59 Å². The largest absolute Gasteiger partial charge is 0.496 e. The van der Waals surface area contributed by atoms with Crippen LogP contribution in [0.4, 0.5) is 0 Å². The molecule has 0 aliphatic rings. The molecule has 156 valence electrons. The Hall–Kier alpha value is -2.72. The van der Waals surface area contributed by atoms with Gasteiger partial charge in [-0.1, -0.05) is 50.2 Å². The Morgan fingerprint density at radius 3 is 1.93 bits per heavy atom. The first kappa shape index (κ1) is 24.3. The van der Waals surface area contributed by atoms with Gasteiger partial charge in [0.25, 0.3) is 0 Å². The van der Waals surface area contributed by atoms with Crippen LogP contribution in [0.5, 0.6) is 11.5 Å². The summed E-state index contributed by atoms with van der Waals surface area (Å²) in [5, 5.41) is 0. The molecule has 0 bridgehead atoms. The summed E-state index contributed by atoms with van der Waals surface area (Å²) in [5.74, 6) is -0.947. The molecule has 0 aromatic heterocycles. The van der Waals surface area contributed by atoms with Crippen LogP contribution in [0.15, 0.2) is 48.5 Å². The van der Waals surface area contributed by atoms with Crippen molar-refractivity contribution in [2.75, 3.05) is 20.8 Å². The lowest BCUT2D eigenvalue weighted by Crippen LogP contribution is -2.26. The standard InChI is InChI=1S/C22H26O5.HOP/c1-15(2)13-14-27-22(24)19(16-9-6-5-7-10-16)21(23)20-17(25-3)11-8-12-18(20)26-4;1-2/h5-12,15,19H,13-14H2,1-4H3;2H. The molecule has 0 heterocycles. The number of carbonyl (C=O) groups is 2. The highest BCUT2D eigenvalue weighted by molar-refractivity contribution is 7.00. The van der Waals surface area contributed by atoms with Crippen molar-refractivity contribution in [3.05, 3.63) is 59.7 Å². The molecule has 0 saturated carbocycles. The summed E-state index contributed by atoms with van der Waals surface area (Å²) < 4.78 is 24.1. The van der Waals surface area contributed by atoms with Gasteiger partial charge in [-0.25, -0.2) is 0 Å². The summed E-state index contributed by atoms with van der Waals surface area (Å²) in [6.45, 7) is 4.37. The van der Waals surface area contributed by atoms with Crippen molar-refractivity contribution < 1.29 is 28.4 Å². The van der Waals surface area contributed by atoms with E-state index in [0.717, 1.165) is 6.42 Å². The predicted molar refractivity (Wildman–Crippen MR) is 112 cm³/mol. The molecular weight excluding hydrogens is 391 g/mol. The summed E-state index contributed by atoms with van der Waals surface area (Å²) in [6.07, 6.45) is 0.736. The van der Waals surface area contributed by atoms with Crippen molar-refractivity contribution in [2.45, 2.75) is 26.2 Å². The van der Waals surface area contributed by atoms with Gasteiger partial charge in [-0.2, -0.15) is 0 Å². The topological polar surface area (TPSA) is 78.9 Å². The maximum absolute atomic E-state index is 13.4. The second-order valence-corrected chi connectivity index (χ2v) is 6.60. The molecular formula is C22H27O6P. The number of rotatable bonds is 9. The smallest absolute Gasteiger partial charge is 0.321 e. The van der Waals surface area contributed by atoms with Gasteiger partial charge in [0, 0.05) is 0 Å². The minimum atomic E-state index is -1.08. The number of benzene rings is 2. The predicted octanol–water partition coefficient (Wildman–Crippen LogP) is 4.73. The number of methoxy groups -OCH3 is 2. The maximum atomic E-state index is 13.4. The van der Waals surface area contributed by atoms with E-state index in [2.05, 4.69) is 0 Å². The van der Waals surface area contributed by atoms with Crippen molar-refractivity contribution in [3.8, 4) is 11.5 Å². The second-order valence-electron chi connectivity index (χ2n) is 6.60. The van der Waals surface area contributed by atoms with E-state index in [4.69, 9.17) is 18.8 Å². The molecule has 6 nitrogen and oxygen atoms in total. The van der Waals surface area contributed by atoms with Crippen molar-refractivity contribution in [3.63, 3.8) is 0 Å². The Bertz CT molecular complexity index is 769. The van der Waals surface area contributed by atoms with Gasteiger partial charge >= 0.3 is 5.97 Å². The van der Waals surface area contributed by atoms with Crippen LogP contribution >= 0.6 is 9.12 Å². The number of esters is 1. The van der Waals surface area contributed by atoms with Crippen molar-refractivity contribution >= 4 is 20.9 Å². The zero-order valence-corrected chi connectivity index (χ0v) is 18.1. The highest BCUT2D eigenvalue weighted by Gasteiger charge is 2.34. The van der Waals surface area contributed by atoms with E-state index in [1.54, 1.807) is 51.6 Å². The normalized spacial score (nSPS) is 11.1. The lowest BCUT2D eigenvalue weighted by molar-refractivity contribution is -0.144. The van der Waals surface area contributed by atoms with Gasteiger partial charge in [0.15, 0.2) is 5.78 Å². The summed E-state index contributed by atoms with van der Waals surface area (Å²) in [6, 6.07) is 14.0. The van der Waals surface area contributed by atoms with Gasteiger partial charge in [0.2, 0.25) is 0 Å². The SMILES string of the molecule is COc1cccc(OC)c1C(=O)C(C(=O)OCCC(C)C)c1ccccc1.O=P. The van der Waals surface area contributed by atoms with Crippen molar-refractivity contribution in [1.29, 1.82) is 0 Å². The van der Waals surface area contributed by atoms with E-state index in [1.165, 1.54) is 14.2 Å². The highest BCUT2D eigenvalue weighted by atomic mass is 31.0. The van der Waals surface area contributed by atoms with Crippen LogP contribution in [-0.4, -0.2) is 32.6 Å². The minimum Gasteiger partial charge on any atom is -0.496 e. The molecule has 0 N–H and O–H groups in total. The Morgan fingerprint density at radius 2 is 1.45 bits per heavy atom. The molecule has 0 aliphatic carbocycles. The van der Waals surface area contributed by atoms with Crippen LogP contribution in [0.1, 0.15) is 42.1 Å². The average Bonchev–Trinajstić information content (AvgIpc) is 2.75. The van der Waals surface area contributed by atoms with Gasteiger partial charge in [-0.15, -0.1) is 0 Å². The van der Waals surface area contributed by atoms with E-state index in [0.29, 0.717) is 23.0 Å². The third-order valence-electron chi connectivity index (χ3n) is 4.24. The van der Waals surface area contributed by atoms with Crippen LogP contribution in [0, 0.1) is 5.92 Å². The second kappa shape index (κ2) is 12.7. The average molecular weight is 418 g/mol. The number of ketones is 1. The van der Waals surface area contributed by atoms with E-state index in [-0.39, 0.29) is 12.2 Å². The molecule has 0 spiro atoms. The molecule has 1 unspecified atom stereocenters. The molecule has 0 fully saturated rings. The molecule has 7 heteroatoms. The van der Waals surface area contributed by atoms with Crippen LogP contribution in [0.25, 0.3) is 0 Å². The molecule has 2 aromatic carbocycles. The fourth-order valence-corrected chi connectivity index (χ4v) is 2.76. The van der Waals surface area contributed by atoms with Crippen LogP contribution in [0.3, 0.4) is 0 Å². The van der Waals surface area contributed by atoms with Gasteiger partial charge < -0.3 is 14.2 Å². The first-order chi connectivity index (χ1) is 14.0. The van der Waals surface area contributed by atoms with Gasteiger partial charge in [-0.3, -0.25) is 14.2 Å². The fourth-order valence-electron chi connectivity index (χ4n) is 2.76. The lowest BCUT2D eigenvalue weighted by atomic mass is 9.89. The van der Waals surface area contributed by atoms with Gasteiger partial charge in [0.05, 0.1) is 20.8 Å². The van der Waals surface area contributed by atoms with E-state index >= 15 is 0 Å². The molecule has 0 saturated heterocycles. The number of hydrogen-bond donors (Lipinski definition) is 0. The van der Waals surface area contributed by atoms with Gasteiger partial charge in [-0.05, 0) is 30.0 Å². The number of ether oxygens (including phenoxy) is 3. The Kier molecular flexibility index (Phi) is 10.6. The summed E-state index contributed by atoms with van der Waals surface area (Å²) in [4.78, 5) is 26.2. The summed E-state index contributed by atoms with van der Waals surface area (Å²) >= 11 is 0. The third kappa shape index (κ3) is 6.68. The van der Waals surface area contributed by atoms with Crippen molar-refractivity contribution in [1.82, 2.24) is 0 Å². The number of carbonyl (C=O) groups excluding carboxylic acids is 2. The molecule has 1 atom stereocenters. The summed E-state index contributed by atoms with van der Waals surface area (Å²) in [5.41, 5.74) is 0.808. The zero-order valence-electron chi connectivity index (χ0n) is 17.1. The Balaban J connectivity index is 0.00000204. The molecule has 29 heavy (non-hydrogen) atoms. The van der Waals surface area contributed by atoms with Gasteiger partial charge in [0.1, 0.15) is 32.1 Å². The van der Waals surface area contributed by atoms with E-state index in [1.807, 2.05) is 19.9 Å². The molecule has 2 aromatic rings. The number of Topliss-reactive ketones (excluding diaryl/α,β-unsaturated/α-hetero) is 1. The lowest BCUT2D eigenvalue weighted by Gasteiger charge is -2.19. The van der Waals surface area contributed by atoms with Crippen molar-refractivity contribution in [2.24, 2.45) is 5.92 Å². The summed E-state index contributed by atoms with van der Waals surface area (Å²) in [7, 11) is 4.67. The van der Waals surface area contributed by atoms with E-state index < -0.39 is 17.7 Å². The minimum absolute atomic E-state index is 0.233. The molecule has 2 rings (SSSR count). The molecule has 0 radical (unpaired) electrons. The zero-order chi connectivity index (χ0) is 21.8. The monoisotopic (exact) mass is 418 g/mol. The highest BCUT2D eigenvalue weighted by Crippen LogP contribution is 2.34. The first-order valence-electron chi connectivity index (χ1n) is 9.16. The molecule has 0 aliphatic heterocycles. The number of hydrogen-bond acceptors (Lipinski definition) is 6. The Morgan fingerprint density at radius 1 is 0.897 bits per heavy atom. The van der Waals surface area contributed by atoms with Crippen LogP contribution < -0.4 is 9.47 Å². The maximum Gasteiger partial charge on any atom is 0.321 e. The Labute approximate surface area is 173 Å². The quantitative estimate of drug-likeness (QED) is 0.253. The van der Waals surface area contributed by atoms with Crippen LogP contribution in [-0.2, 0) is 14.1 Å². The fraction of sp³-hybridized carbons (Fsp3) is 0.364. The third-order valence-corrected chi connectivity index (χ3v) is 4.24. The van der Waals surface area contributed by atoms with Crippen LogP contribution in [0.2, 0.25) is 0 Å². The first-order valence-corrected chi connectivity index (χ1v) is 9.57. The molecule has 0 amide bonds.